The lowest BCUT2D eigenvalue weighted by Crippen LogP contribution is -2.11. The molecule has 3 N–H and O–H groups in total. The molecule has 28 heavy (non-hydrogen) atoms. The van der Waals surface area contributed by atoms with Gasteiger partial charge >= 0.3 is 6.18 Å². The number of benzene rings is 2. The number of carbonyl (C=O) groups is 1. The Balaban J connectivity index is 2.04. The Kier molecular flexibility index (Phi) is 5.22. The number of alkyl halides is 3. The molecule has 8 heteroatoms. The number of H-pyrrole nitrogens is 1. The van der Waals surface area contributed by atoms with Gasteiger partial charge in [-0.05, 0) is 47.9 Å². The number of halogens is 5. The molecule has 0 saturated heterocycles. The van der Waals surface area contributed by atoms with Crippen molar-refractivity contribution in [3.8, 4) is 22.5 Å². The standard InChI is InChI=1S/C20H15F5N2O/c21-15-7-13(8-16(22)10-15)19-12(3-6-18(26)28)9-17(27-19)11-1-4-14(5-2-11)20(23,24)25/h1-2,4-5,7-10,27H,3,6H2,(H2,26,28). The van der Waals surface area contributed by atoms with Crippen molar-refractivity contribution in [1.29, 1.82) is 0 Å². The van der Waals surface area contributed by atoms with Crippen LogP contribution in [0, 0.1) is 11.6 Å². The van der Waals surface area contributed by atoms with Crippen LogP contribution in [-0.4, -0.2) is 10.9 Å². The molecule has 0 bridgehead atoms. The van der Waals surface area contributed by atoms with E-state index in [2.05, 4.69) is 4.98 Å². The predicted octanol–water partition coefficient (Wildman–Crippen LogP) is 5.06. The third-order valence-corrected chi connectivity index (χ3v) is 4.21. The maximum absolute atomic E-state index is 13.6. The van der Waals surface area contributed by atoms with Crippen LogP contribution in [0.3, 0.4) is 0 Å². The van der Waals surface area contributed by atoms with E-state index in [4.69, 9.17) is 5.73 Å². The lowest BCUT2D eigenvalue weighted by molar-refractivity contribution is -0.137. The van der Waals surface area contributed by atoms with E-state index < -0.39 is 29.3 Å². The first-order valence-electron chi connectivity index (χ1n) is 8.28. The van der Waals surface area contributed by atoms with Gasteiger partial charge in [0.05, 0.1) is 5.56 Å². The minimum Gasteiger partial charge on any atom is -0.370 e. The molecule has 0 aliphatic rings. The normalized spacial score (nSPS) is 11.6. The summed E-state index contributed by atoms with van der Waals surface area (Å²) in [6, 6.07) is 9.08. The molecule has 0 fully saturated rings. The largest absolute Gasteiger partial charge is 0.416 e. The number of carbonyl (C=O) groups excluding carboxylic acids is 1. The summed E-state index contributed by atoms with van der Waals surface area (Å²) in [5, 5.41) is 0. The Morgan fingerprint density at radius 2 is 1.54 bits per heavy atom. The van der Waals surface area contributed by atoms with Gasteiger partial charge in [-0.15, -0.1) is 0 Å². The molecule has 0 unspecified atom stereocenters. The number of primary amides is 1. The van der Waals surface area contributed by atoms with Gasteiger partial charge in [0.2, 0.25) is 5.91 Å². The summed E-state index contributed by atoms with van der Waals surface area (Å²) in [5.41, 5.74) is 6.45. The number of nitrogens with one attached hydrogen (secondary N) is 1. The fraction of sp³-hybridized carbons (Fsp3) is 0.150. The third kappa shape index (κ3) is 4.39. The zero-order chi connectivity index (χ0) is 20.5. The molecule has 0 spiro atoms. The van der Waals surface area contributed by atoms with Crippen molar-refractivity contribution in [3.63, 3.8) is 0 Å². The molecule has 3 rings (SSSR count). The van der Waals surface area contributed by atoms with Crippen molar-refractivity contribution >= 4 is 5.91 Å². The number of hydrogen-bond donors (Lipinski definition) is 2. The number of nitrogens with two attached hydrogens (primary N) is 1. The summed E-state index contributed by atoms with van der Waals surface area (Å²) < 4.78 is 65.4. The maximum atomic E-state index is 13.6. The molecule has 0 radical (unpaired) electrons. The van der Waals surface area contributed by atoms with Crippen LogP contribution in [0.1, 0.15) is 17.5 Å². The molecule has 2 aromatic carbocycles. The lowest BCUT2D eigenvalue weighted by Gasteiger charge is -2.07. The first-order chi connectivity index (χ1) is 13.1. The molecular formula is C20H15F5N2O. The van der Waals surface area contributed by atoms with Crippen LogP contribution in [-0.2, 0) is 17.4 Å². The van der Waals surface area contributed by atoms with Crippen LogP contribution in [0.15, 0.2) is 48.5 Å². The number of aryl methyl sites for hydroxylation is 1. The van der Waals surface area contributed by atoms with E-state index in [0.29, 0.717) is 22.5 Å². The molecule has 3 aromatic rings. The minimum absolute atomic E-state index is 0.00903. The second-order valence-electron chi connectivity index (χ2n) is 6.28. The summed E-state index contributed by atoms with van der Waals surface area (Å²) in [6.45, 7) is 0. The van der Waals surface area contributed by atoms with E-state index in [-0.39, 0.29) is 18.4 Å². The van der Waals surface area contributed by atoms with E-state index in [9.17, 15) is 26.7 Å². The Hall–Kier alpha value is -3.16. The predicted molar refractivity (Wildman–Crippen MR) is 94.1 cm³/mol. The van der Waals surface area contributed by atoms with E-state index >= 15 is 0 Å². The molecule has 1 aromatic heterocycles. The van der Waals surface area contributed by atoms with Crippen LogP contribution < -0.4 is 5.73 Å². The third-order valence-electron chi connectivity index (χ3n) is 4.21. The highest BCUT2D eigenvalue weighted by Crippen LogP contribution is 2.33. The number of amides is 1. The summed E-state index contributed by atoms with van der Waals surface area (Å²) in [5.74, 6) is -2.10. The van der Waals surface area contributed by atoms with Crippen LogP contribution >= 0.6 is 0 Å². The SMILES string of the molecule is NC(=O)CCc1cc(-c2ccc(C(F)(F)F)cc2)[nH]c1-c1cc(F)cc(F)c1. The van der Waals surface area contributed by atoms with Crippen molar-refractivity contribution in [3.05, 3.63) is 71.3 Å². The monoisotopic (exact) mass is 394 g/mol. The Bertz CT molecular complexity index is 986. The van der Waals surface area contributed by atoms with Crippen LogP contribution in [0.2, 0.25) is 0 Å². The second-order valence-corrected chi connectivity index (χ2v) is 6.28. The van der Waals surface area contributed by atoms with Gasteiger partial charge in [0.1, 0.15) is 11.6 Å². The average Bonchev–Trinajstić information content (AvgIpc) is 3.03. The summed E-state index contributed by atoms with van der Waals surface area (Å²) in [4.78, 5) is 14.1. The van der Waals surface area contributed by atoms with Gasteiger partial charge in [-0.25, -0.2) is 8.78 Å². The first-order valence-corrected chi connectivity index (χ1v) is 8.28. The van der Waals surface area contributed by atoms with Crippen LogP contribution in [0.4, 0.5) is 22.0 Å². The molecule has 0 saturated carbocycles. The molecule has 1 amide bonds. The number of rotatable bonds is 5. The quantitative estimate of drug-likeness (QED) is 0.584. The van der Waals surface area contributed by atoms with E-state index in [1.54, 1.807) is 6.07 Å². The number of aromatic amines is 1. The van der Waals surface area contributed by atoms with Crippen molar-refractivity contribution in [1.82, 2.24) is 4.98 Å². The zero-order valence-corrected chi connectivity index (χ0v) is 14.4. The second kappa shape index (κ2) is 7.46. The summed E-state index contributed by atoms with van der Waals surface area (Å²) in [7, 11) is 0. The molecule has 146 valence electrons. The van der Waals surface area contributed by atoms with Crippen LogP contribution in [0.25, 0.3) is 22.5 Å². The number of hydrogen-bond acceptors (Lipinski definition) is 1. The summed E-state index contributed by atoms with van der Waals surface area (Å²) in [6.07, 6.45) is -4.24. The topological polar surface area (TPSA) is 58.9 Å². The van der Waals surface area contributed by atoms with Gasteiger partial charge in [-0.3, -0.25) is 4.79 Å². The first kappa shape index (κ1) is 19.6. The average molecular weight is 394 g/mol. The zero-order valence-electron chi connectivity index (χ0n) is 14.4. The highest BCUT2D eigenvalue weighted by Gasteiger charge is 2.30. The lowest BCUT2D eigenvalue weighted by atomic mass is 10.0. The fourth-order valence-corrected chi connectivity index (χ4v) is 2.90. The minimum atomic E-state index is -4.45. The Morgan fingerprint density at radius 1 is 0.929 bits per heavy atom. The van der Waals surface area contributed by atoms with Gasteiger partial charge < -0.3 is 10.7 Å². The van der Waals surface area contributed by atoms with Gasteiger partial charge in [0, 0.05) is 29.4 Å². The van der Waals surface area contributed by atoms with Gasteiger partial charge in [-0.2, -0.15) is 13.2 Å². The highest BCUT2D eigenvalue weighted by molar-refractivity contribution is 5.76. The number of aromatic nitrogens is 1. The smallest absolute Gasteiger partial charge is 0.370 e. The van der Waals surface area contributed by atoms with Gasteiger partial charge in [-0.1, -0.05) is 12.1 Å². The highest BCUT2D eigenvalue weighted by atomic mass is 19.4. The van der Waals surface area contributed by atoms with Crippen molar-refractivity contribution in [2.75, 3.05) is 0 Å². The molecule has 0 atom stereocenters. The van der Waals surface area contributed by atoms with Crippen molar-refractivity contribution < 1.29 is 26.7 Å². The molecule has 0 aliphatic carbocycles. The molecule has 0 aliphatic heterocycles. The Labute approximate surface area is 157 Å². The van der Waals surface area contributed by atoms with Crippen molar-refractivity contribution in [2.24, 2.45) is 5.73 Å². The Morgan fingerprint density at radius 3 is 2.07 bits per heavy atom. The van der Waals surface area contributed by atoms with E-state index in [0.717, 1.165) is 30.3 Å². The molecular weight excluding hydrogens is 379 g/mol. The molecule has 3 nitrogen and oxygen atoms in total. The summed E-state index contributed by atoms with van der Waals surface area (Å²) >= 11 is 0. The van der Waals surface area contributed by atoms with Gasteiger partial charge in [0.15, 0.2) is 0 Å². The van der Waals surface area contributed by atoms with Crippen LogP contribution in [0.5, 0.6) is 0 Å². The van der Waals surface area contributed by atoms with Crippen molar-refractivity contribution in [2.45, 2.75) is 19.0 Å². The fourth-order valence-electron chi connectivity index (χ4n) is 2.90. The van der Waals surface area contributed by atoms with E-state index in [1.165, 1.54) is 12.1 Å². The van der Waals surface area contributed by atoms with E-state index in [1.807, 2.05) is 0 Å². The maximum Gasteiger partial charge on any atom is 0.416 e. The van der Waals surface area contributed by atoms with Gasteiger partial charge in [0.25, 0.3) is 0 Å². The molecule has 1 heterocycles.